The SMILES string of the molecule is [2H]C([2H])([2H])c1ccc2ccc3cc4c(cc3c2c1)sc1c(-c2[nH]c3ccccc3[n+]2-c2c(C(C)C)cc(-c3ccccc3)cc2C(C)C)cccc14. The molecule has 3 heteroatoms. The van der Waals surface area contributed by atoms with E-state index in [4.69, 9.17) is 4.11 Å². The first-order valence-electron chi connectivity index (χ1n) is 18.7. The van der Waals surface area contributed by atoms with E-state index in [2.05, 4.69) is 146 Å². The highest BCUT2D eigenvalue weighted by molar-refractivity contribution is 7.26. The minimum atomic E-state index is -2.16. The third-order valence-electron chi connectivity index (χ3n) is 10.1. The first-order valence-corrected chi connectivity index (χ1v) is 18.0. The molecule has 49 heavy (non-hydrogen) atoms. The molecule has 0 saturated carbocycles. The van der Waals surface area contributed by atoms with E-state index in [0.29, 0.717) is 17.4 Å². The second kappa shape index (κ2) is 11.4. The summed E-state index contributed by atoms with van der Waals surface area (Å²) in [6.07, 6.45) is 0. The number of hydrogen-bond acceptors (Lipinski definition) is 1. The molecule has 0 spiro atoms. The maximum Gasteiger partial charge on any atom is 0.294 e. The Labute approximate surface area is 295 Å². The Balaban J connectivity index is 1.33. The first kappa shape index (κ1) is 26.7. The average Bonchev–Trinajstić information content (AvgIpc) is 3.71. The summed E-state index contributed by atoms with van der Waals surface area (Å²) in [6, 6.07) is 45.1. The van der Waals surface area contributed by atoms with E-state index in [-0.39, 0.29) is 0 Å². The van der Waals surface area contributed by atoms with Gasteiger partial charge in [-0.3, -0.25) is 0 Å². The largest absolute Gasteiger partial charge is 0.294 e. The van der Waals surface area contributed by atoms with Crippen LogP contribution in [0.5, 0.6) is 0 Å². The van der Waals surface area contributed by atoms with Gasteiger partial charge in [-0.25, -0.2) is 4.98 Å². The van der Waals surface area contributed by atoms with Gasteiger partial charge in [0.25, 0.3) is 5.82 Å². The van der Waals surface area contributed by atoms with Crippen molar-refractivity contribution < 1.29 is 8.68 Å². The molecule has 1 N–H and O–H groups in total. The van der Waals surface area contributed by atoms with Gasteiger partial charge < -0.3 is 0 Å². The van der Waals surface area contributed by atoms with Crippen LogP contribution < -0.4 is 4.57 Å². The van der Waals surface area contributed by atoms with Gasteiger partial charge in [0.1, 0.15) is 5.69 Å². The zero-order chi connectivity index (χ0) is 35.9. The van der Waals surface area contributed by atoms with Gasteiger partial charge in [-0.2, -0.15) is 4.57 Å². The number of thiophene rings is 1. The van der Waals surface area contributed by atoms with E-state index >= 15 is 0 Å². The predicted molar refractivity (Wildman–Crippen MR) is 212 cm³/mol. The van der Waals surface area contributed by atoms with Crippen LogP contribution in [0.2, 0.25) is 0 Å². The number of imidazole rings is 1. The van der Waals surface area contributed by atoms with E-state index in [0.717, 1.165) is 44.0 Å². The number of aromatic amines is 1. The standard InChI is InChI=1S/C46H38N2S/c1-27(2)36-24-33(30-12-7-6-8-13-30)25-37(28(3)4)44(36)48-42-17-10-9-16-41(42)47-46(48)35-15-11-14-34-40-23-32-21-20-31-19-18-29(5)22-38(31)39(32)26-43(40)49-45(34)35/h6-28H,1-5H3/p+1/i5D3. The van der Waals surface area contributed by atoms with Crippen molar-refractivity contribution in [2.24, 2.45) is 0 Å². The number of fused-ring (bicyclic) bond motifs is 7. The molecule has 0 bridgehead atoms. The molecule has 0 aliphatic carbocycles. The molecular formula is C46H39N2S+. The smallest absolute Gasteiger partial charge is 0.236 e. The highest BCUT2D eigenvalue weighted by atomic mass is 32.1. The molecule has 9 aromatic rings. The van der Waals surface area contributed by atoms with E-state index < -0.39 is 6.85 Å². The van der Waals surface area contributed by atoms with Crippen LogP contribution >= 0.6 is 11.3 Å². The molecule has 2 heterocycles. The Hall–Kier alpha value is -5.25. The average molecular weight is 655 g/mol. The van der Waals surface area contributed by atoms with Crippen LogP contribution in [0.15, 0.2) is 127 Å². The summed E-state index contributed by atoms with van der Waals surface area (Å²) in [6.45, 7) is 7.04. The molecule has 2 nitrogen and oxygen atoms in total. The van der Waals surface area contributed by atoms with Gasteiger partial charge in [-0.15, -0.1) is 11.3 Å². The van der Waals surface area contributed by atoms with Gasteiger partial charge in [-0.05, 0) is 93.8 Å². The minimum absolute atomic E-state index is 0.290. The van der Waals surface area contributed by atoms with Crippen molar-refractivity contribution in [1.82, 2.24) is 4.98 Å². The van der Waals surface area contributed by atoms with Crippen LogP contribution in [-0.4, -0.2) is 4.98 Å². The molecule has 9 rings (SSSR count). The molecule has 0 saturated heterocycles. The Bertz CT molecular complexity index is 2810. The summed E-state index contributed by atoms with van der Waals surface area (Å²) in [7, 11) is 0. The lowest BCUT2D eigenvalue weighted by molar-refractivity contribution is -0.556. The number of hydrogen-bond donors (Lipinski definition) is 1. The van der Waals surface area contributed by atoms with Crippen molar-refractivity contribution >= 4 is 64.1 Å². The summed E-state index contributed by atoms with van der Waals surface area (Å²) in [5.74, 6) is 1.64. The highest BCUT2D eigenvalue weighted by Crippen LogP contribution is 2.43. The van der Waals surface area contributed by atoms with Crippen molar-refractivity contribution in [3.8, 4) is 28.2 Å². The molecule has 0 radical (unpaired) electrons. The Morgan fingerprint density at radius 1 is 0.612 bits per heavy atom. The highest BCUT2D eigenvalue weighted by Gasteiger charge is 2.30. The van der Waals surface area contributed by atoms with Gasteiger partial charge in [0.05, 0.1) is 10.3 Å². The summed E-state index contributed by atoms with van der Waals surface area (Å²) in [5.41, 5.74) is 10.1. The number of nitrogens with zero attached hydrogens (tertiary/aromatic N) is 1. The zero-order valence-electron chi connectivity index (χ0n) is 31.1. The van der Waals surface area contributed by atoms with Crippen LogP contribution in [0.1, 0.15) is 60.3 Å². The van der Waals surface area contributed by atoms with Crippen molar-refractivity contribution in [3.63, 3.8) is 0 Å². The van der Waals surface area contributed by atoms with E-state index in [1.54, 1.807) is 17.4 Å². The minimum Gasteiger partial charge on any atom is -0.236 e. The zero-order valence-corrected chi connectivity index (χ0v) is 29.0. The topological polar surface area (TPSA) is 19.7 Å². The molecule has 0 fully saturated rings. The Morgan fingerprint density at radius 2 is 1.33 bits per heavy atom. The van der Waals surface area contributed by atoms with Crippen molar-refractivity contribution in [3.05, 3.63) is 144 Å². The molecule has 0 aliphatic rings. The lowest BCUT2D eigenvalue weighted by Gasteiger charge is -2.20. The Kier molecular flexibility index (Phi) is 6.22. The van der Waals surface area contributed by atoms with Crippen LogP contribution in [0.3, 0.4) is 0 Å². The summed E-state index contributed by atoms with van der Waals surface area (Å²) < 4.78 is 29.0. The van der Waals surface area contributed by atoms with Crippen LogP contribution in [0, 0.1) is 6.85 Å². The number of aryl methyl sites for hydroxylation is 1. The monoisotopic (exact) mass is 654 g/mol. The van der Waals surface area contributed by atoms with E-state index in [1.807, 2.05) is 12.1 Å². The molecule has 0 amide bonds. The lowest BCUT2D eigenvalue weighted by Crippen LogP contribution is -2.35. The maximum absolute atomic E-state index is 8.04. The number of H-pyrrole nitrogens is 1. The van der Waals surface area contributed by atoms with Gasteiger partial charge in [0, 0.05) is 30.7 Å². The second-order valence-corrected chi connectivity index (χ2v) is 14.9. The van der Waals surface area contributed by atoms with E-state index in [1.165, 1.54) is 48.1 Å². The molecule has 7 aromatic carbocycles. The number of benzene rings is 7. The first-order chi connectivity index (χ1) is 25.1. The molecule has 0 atom stereocenters. The van der Waals surface area contributed by atoms with E-state index in [9.17, 15) is 0 Å². The van der Waals surface area contributed by atoms with Gasteiger partial charge in [0.15, 0.2) is 11.0 Å². The normalized spacial score (nSPS) is 13.3. The number of para-hydroxylation sites is 2. The van der Waals surface area contributed by atoms with Gasteiger partial charge in [-0.1, -0.05) is 118 Å². The third-order valence-corrected chi connectivity index (χ3v) is 11.3. The fourth-order valence-corrected chi connectivity index (χ4v) is 8.88. The van der Waals surface area contributed by atoms with Gasteiger partial charge >= 0.3 is 0 Å². The lowest BCUT2D eigenvalue weighted by atomic mass is 9.88. The number of rotatable bonds is 5. The summed E-state index contributed by atoms with van der Waals surface area (Å²) in [5, 5.41) is 6.62. The molecule has 0 aliphatic heterocycles. The van der Waals surface area contributed by atoms with Crippen molar-refractivity contribution in [1.29, 1.82) is 0 Å². The summed E-state index contributed by atoms with van der Waals surface area (Å²) >= 11 is 1.81. The predicted octanol–water partition coefficient (Wildman–Crippen LogP) is 13.0. The van der Waals surface area contributed by atoms with Crippen molar-refractivity contribution in [2.45, 2.75) is 46.4 Å². The van der Waals surface area contributed by atoms with Crippen LogP contribution in [0.25, 0.3) is 81.0 Å². The fraction of sp³-hybridized carbons (Fsp3) is 0.152. The molecule has 238 valence electrons. The molecule has 0 unspecified atom stereocenters. The third kappa shape index (κ3) is 4.79. The molecule has 2 aromatic heterocycles. The van der Waals surface area contributed by atoms with Crippen LogP contribution in [0.4, 0.5) is 0 Å². The van der Waals surface area contributed by atoms with Gasteiger partial charge in [0.2, 0.25) is 0 Å². The summed E-state index contributed by atoms with van der Waals surface area (Å²) in [4.78, 5) is 3.89. The van der Waals surface area contributed by atoms with Crippen LogP contribution in [-0.2, 0) is 0 Å². The number of nitrogens with one attached hydrogen (secondary N) is 1. The quantitative estimate of drug-likeness (QED) is 0.141. The van der Waals surface area contributed by atoms with Crippen molar-refractivity contribution in [2.75, 3.05) is 0 Å². The molecular weight excluding hydrogens is 613 g/mol. The fourth-order valence-electron chi connectivity index (χ4n) is 7.65. The Morgan fingerprint density at radius 3 is 2.10 bits per heavy atom. The number of aromatic nitrogens is 2. The second-order valence-electron chi connectivity index (χ2n) is 13.9. The maximum atomic E-state index is 8.04.